The first-order chi connectivity index (χ1) is 18.3. The van der Waals surface area contributed by atoms with Crippen LogP contribution in [0.3, 0.4) is 0 Å². The van der Waals surface area contributed by atoms with Gasteiger partial charge in [-0.15, -0.1) is 0 Å². The molecule has 5 N–H and O–H groups in total. The first kappa shape index (κ1) is 28.9. The molecule has 0 aromatic heterocycles. The molecule has 2 aromatic rings. The predicted octanol–water partition coefficient (Wildman–Crippen LogP) is 3.40. The van der Waals surface area contributed by atoms with E-state index in [-0.39, 0.29) is 36.0 Å². The minimum atomic E-state index is -0.501. The first-order valence-electron chi connectivity index (χ1n) is 12.9. The van der Waals surface area contributed by atoms with Gasteiger partial charge in [0.15, 0.2) is 0 Å². The van der Waals surface area contributed by atoms with Crippen molar-refractivity contribution >= 4 is 34.2 Å². The molecule has 0 unspecified atom stereocenters. The fourth-order valence-electron chi connectivity index (χ4n) is 4.49. The van der Waals surface area contributed by atoms with E-state index in [9.17, 15) is 25.2 Å². The zero-order chi connectivity index (χ0) is 27.8. The van der Waals surface area contributed by atoms with E-state index in [1.54, 1.807) is 6.07 Å². The van der Waals surface area contributed by atoms with Crippen molar-refractivity contribution in [3.05, 3.63) is 70.6 Å². The van der Waals surface area contributed by atoms with Gasteiger partial charge in [0.2, 0.25) is 5.78 Å². The lowest BCUT2D eigenvalue weighted by Gasteiger charge is -2.24. The van der Waals surface area contributed by atoms with Crippen LogP contribution in [0.15, 0.2) is 64.5 Å². The monoisotopic (exact) mass is 522 g/mol. The van der Waals surface area contributed by atoms with Crippen LogP contribution in [0.4, 0.5) is 22.7 Å². The molecule has 204 valence electrons. The summed E-state index contributed by atoms with van der Waals surface area (Å²) in [5, 5.41) is 42.7. The molecule has 1 aliphatic carbocycles. The first-order valence-corrected chi connectivity index (χ1v) is 12.9. The van der Waals surface area contributed by atoms with E-state index in [2.05, 4.69) is 10.3 Å². The van der Waals surface area contributed by atoms with Crippen LogP contribution in [0.25, 0.3) is 0 Å². The van der Waals surface area contributed by atoms with Crippen LogP contribution < -0.4 is 15.1 Å². The van der Waals surface area contributed by atoms with Crippen molar-refractivity contribution in [2.45, 2.75) is 27.7 Å². The van der Waals surface area contributed by atoms with Crippen LogP contribution in [-0.2, 0) is 4.79 Å². The molecule has 2 aromatic carbocycles. The number of nitrogens with zero attached hydrogens (tertiary/aromatic N) is 3. The molecule has 0 radical (unpaired) electrons. The summed E-state index contributed by atoms with van der Waals surface area (Å²) in [7, 11) is 0. The number of anilines is 3. The van der Waals surface area contributed by atoms with Crippen molar-refractivity contribution in [3.63, 3.8) is 0 Å². The number of ketones is 1. The predicted molar refractivity (Wildman–Crippen MR) is 153 cm³/mol. The summed E-state index contributed by atoms with van der Waals surface area (Å²) in [6.07, 6.45) is 1.11. The number of aryl methyl sites for hydroxylation is 2. The third-order valence-corrected chi connectivity index (χ3v) is 6.62. The summed E-state index contributed by atoms with van der Waals surface area (Å²) in [4.78, 5) is 21.6. The van der Waals surface area contributed by atoms with Crippen molar-refractivity contribution in [1.29, 1.82) is 0 Å². The highest BCUT2D eigenvalue weighted by Crippen LogP contribution is 2.30. The number of allylic oxidation sites excluding steroid dienone is 1. The smallest absolute Gasteiger partial charge is 0.208 e. The molecule has 0 heterocycles. The van der Waals surface area contributed by atoms with Gasteiger partial charge in [-0.3, -0.25) is 4.79 Å². The highest BCUT2D eigenvalue weighted by Gasteiger charge is 2.27. The molecular weight excluding hydrogens is 484 g/mol. The summed E-state index contributed by atoms with van der Waals surface area (Å²) in [6, 6.07) is 11.4. The number of aliphatic hydroxyl groups is 4. The summed E-state index contributed by atoms with van der Waals surface area (Å²) in [5.74, 6) is -0.766. The highest BCUT2D eigenvalue weighted by molar-refractivity contribution is 6.51. The molecule has 0 fully saturated rings. The van der Waals surface area contributed by atoms with E-state index in [0.29, 0.717) is 24.5 Å². The Balaban J connectivity index is 1.98. The molecule has 0 aliphatic heterocycles. The van der Waals surface area contributed by atoms with Crippen LogP contribution in [0.5, 0.6) is 0 Å². The Morgan fingerprint density at radius 1 is 0.868 bits per heavy atom. The molecular formula is C29H38N4O5. The number of rotatable bonds is 12. The molecule has 1 aliphatic rings. The third-order valence-electron chi connectivity index (χ3n) is 6.62. The van der Waals surface area contributed by atoms with Gasteiger partial charge in [-0.2, -0.15) is 0 Å². The van der Waals surface area contributed by atoms with Crippen molar-refractivity contribution in [2.75, 3.05) is 61.1 Å². The fourth-order valence-corrected chi connectivity index (χ4v) is 4.49. The Morgan fingerprint density at radius 2 is 1.45 bits per heavy atom. The van der Waals surface area contributed by atoms with Gasteiger partial charge in [-0.1, -0.05) is 0 Å². The minimum Gasteiger partial charge on any atom is -0.506 e. The molecule has 9 nitrogen and oxygen atoms in total. The largest absolute Gasteiger partial charge is 0.506 e. The van der Waals surface area contributed by atoms with Gasteiger partial charge >= 0.3 is 0 Å². The average Bonchev–Trinajstić information content (AvgIpc) is 2.90. The van der Waals surface area contributed by atoms with Gasteiger partial charge < -0.3 is 35.5 Å². The summed E-state index contributed by atoms with van der Waals surface area (Å²) in [6.45, 7) is 9.94. The van der Waals surface area contributed by atoms with Gasteiger partial charge in [-0.25, -0.2) is 4.99 Å². The lowest BCUT2D eigenvalue weighted by molar-refractivity contribution is -0.109. The maximum Gasteiger partial charge on any atom is 0.208 e. The molecule has 38 heavy (non-hydrogen) atoms. The zero-order valence-electron chi connectivity index (χ0n) is 22.5. The molecule has 0 atom stereocenters. The standard InChI is InChI=1S/C29H38N4O5/c1-5-32(11-13-34)21-7-9-24(19(3)15-21)30-28-23(18-36)29(27(38)17-26(28)37)31-25-10-8-22(16-20(25)4)33(6-2)12-14-35/h7-10,15-17,30,34-37H,5-6,11-14,18H2,1-4H3. The minimum absolute atomic E-state index is 0.0451. The number of carbonyl (C=O) groups is 1. The molecule has 0 bridgehead atoms. The fraction of sp³-hybridized carbons (Fsp3) is 0.379. The van der Waals surface area contributed by atoms with Crippen LogP contribution >= 0.6 is 0 Å². The Hall–Kier alpha value is -3.66. The molecule has 0 spiro atoms. The average molecular weight is 523 g/mol. The van der Waals surface area contributed by atoms with Crippen LogP contribution in [0.2, 0.25) is 0 Å². The van der Waals surface area contributed by atoms with Gasteiger partial charge in [0.05, 0.1) is 31.2 Å². The van der Waals surface area contributed by atoms with E-state index < -0.39 is 12.4 Å². The van der Waals surface area contributed by atoms with Crippen LogP contribution in [0, 0.1) is 13.8 Å². The zero-order valence-corrected chi connectivity index (χ0v) is 22.5. The summed E-state index contributed by atoms with van der Waals surface area (Å²) in [5.41, 5.74) is 5.37. The number of hydrogen-bond donors (Lipinski definition) is 5. The van der Waals surface area contributed by atoms with E-state index >= 15 is 0 Å². The highest BCUT2D eigenvalue weighted by atomic mass is 16.3. The third kappa shape index (κ3) is 6.42. The number of carbonyl (C=O) groups excluding carboxylic acids is 1. The van der Waals surface area contributed by atoms with Crippen LogP contribution in [-0.4, -0.2) is 77.9 Å². The van der Waals surface area contributed by atoms with Gasteiger partial charge in [0, 0.05) is 54.9 Å². The molecule has 0 saturated heterocycles. The maximum absolute atomic E-state index is 12.9. The number of aliphatic hydroxyl groups excluding tert-OH is 4. The number of aliphatic imine (C=N–C) groups is 1. The second-order valence-corrected chi connectivity index (χ2v) is 9.07. The number of benzene rings is 2. The quantitative estimate of drug-likeness (QED) is 0.268. The topological polar surface area (TPSA) is 129 Å². The maximum atomic E-state index is 12.9. The Labute approximate surface area is 224 Å². The second kappa shape index (κ2) is 13.2. The molecule has 0 amide bonds. The van der Waals surface area contributed by atoms with Gasteiger partial charge in [0.1, 0.15) is 11.5 Å². The Bertz CT molecular complexity index is 1250. The van der Waals surface area contributed by atoms with E-state index in [1.807, 2.05) is 67.8 Å². The Morgan fingerprint density at radius 3 is 1.95 bits per heavy atom. The molecule has 9 heteroatoms. The van der Waals surface area contributed by atoms with E-state index in [1.165, 1.54) is 0 Å². The van der Waals surface area contributed by atoms with E-state index in [4.69, 9.17) is 0 Å². The summed E-state index contributed by atoms with van der Waals surface area (Å²) < 4.78 is 0. The van der Waals surface area contributed by atoms with E-state index in [0.717, 1.165) is 41.7 Å². The van der Waals surface area contributed by atoms with Crippen molar-refractivity contribution < 1.29 is 25.2 Å². The number of hydrogen-bond acceptors (Lipinski definition) is 9. The van der Waals surface area contributed by atoms with Crippen LogP contribution in [0.1, 0.15) is 25.0 Å². The van der Waals surface area contributed by atoms with Crippen molar-refractivity contribution in [2.24, 2.45) is 4.99 Å². The lowest BCUT2D eigenvalue weighted by Crippen LogP contribution is -2.27. The SMILES string of the molecule is CCN(CCO)c1ccc(N=C2C(=O)C=C(O)C(Nc3ccc(N(CC)CCO)cc3C)=C2CO)c(C)c1. The van der Waals surface area contributed by atoms with Crippen molar-refractivity contribution in [3.8, 4) is 0 Å². The van der Waals surface area contributed by atoms with Crippen molar-refractivity contribution in [1.82, 2.24) is 0 Å². The number of nitrogens with one attached hydrogen (secondary N) is 1. The van der Waals surface area contributed by atoms with Gasteiger partial charge in [-0.05, 0) is 75.2 Å². The normalized spacial score (nSPS) is 14.7. The number of likely N-dealkylation sites (N-methyl/N-ethyl adjacent to an activating group) is 2. The second-order valence-electron chi connectivity index (χ2n) is 9.07. The lowest BCUT2D eigenvalue weighted by atomic mass is 9.96. The summed E-state index contributed by atoms with van der Waals surface area (Å²) >= 11 is 0. The molecule has 0 saturated carbocycles. The van der Waals surface area contributed by atoms with Gasteiger partial charge in [0.25, 0.3) is 0 Å². The Kier molecular flexibility index (Phi) is 10.1. The molecule has 3 rings (SSSR count).